The molecule has 86 heavy (non-hydrogen) atoms. The number of rotatable bonds is 39. The Kier molecular flexibility index (Phi) is 31.4. The van der Waals surface area contributed by atoms with Gasteiger partial charge in [0.1, 0.15) is 47.3 Å². The van der Waals surface area contributed by atoms with Crippen molar-refractivity contribution in [2.45, 2.75) is 147 Å². The second-order valence-corrected chi connectivity index (χ2v) is 23.1. The summed E-state index contributed by atoms with van der Waals surface area (Å²) < 4.78 is 0. The van der Waals surface area contributed by atoms with E-state index < -0.39 is 150 Å². The van der Waals surface area contributed by atoms with Gasteiger partial charge in [-0.05, 0) is 104 Å². The molecule has 0 saturated carbocycles. The van der Waals surface area contributed by atoms with Crippen molar-refractivity contribution in [3.63, 3.8) is 0 Å². The zero-order chi connectivity index (χ0) is 63.9. The third kappa shape index (κ3) is 27.4. The largest absolute Gasteiger partial charge is 0.508 e. The van der Waals surface area contributed by atoms with E-state index in [1.165, 1.54) is 24.3 Å². The lowest BCUT2D eigenvalue weighted by Gasteiger charge is -2.28. The molecule has 0 aliphatic rings. The molecule has 0 aliphatic carbocycles. The molecule has 25 nitrogen and oxygen atoms in total. The number of nitrogens with one attached hydrogen (secondary N) is 9. The van der Waals surface area contributed by atoms with E-state index in [0.717, 1.165) is 23.7 Å². The molecule has 14 N–H and O–H groups in total. The first kappa shape index (κ1) is 71.7. The van der Waals surface area contributed by atoms with Crippen LogP contribution in [0.25, 0.3) is 0 Å². The van der Waals surface area contributed by atoms with Crippen LogP contribution in [-0.4, -0.2) is 153 Å². The Hall–Kier alpha value is -8.55. The van der Waals surface area contributed by atoms with Gasteiger partial charge in [-0.3, -0.25) is 57.5 Å². The smallest absolute Gasteiger partial charge is 0.317 e. The molecule has 0 radical (unpaired) electrons. The lowest BCUT2D eigenvalue weighted by atomic mass is 9.99. The van der Waals surface area contributed by atoms with Crippen LogP contribution in [0, 0.1) is 17.8 Å². The molecule has 0 fully saturated rings. The third-order valence-electron chi connectivity index (χ3n) is 13.3. The monoisotopic (exact) mass is 1220 g/mol. The number of amides is 10. The maximum Gasteiger partial charge on any atom is 0.317 e. The lowest BCUT2D eigenvalue weighted by Crippen LogP contribution is -2.60. The van der Waals surface area contributed by atoms with E-state index in [1.807, 2.05) is 30.3 Å². The maximum atomic E-state index is 14.5. The van der Waals surface area contributed by atoms with E-state index in [4.69, 9.17) is 5.73 Å². The van der Waals surface area contributed by atoms with Crippen LogP contribution in [0.1, 0.15) is 114 Å². The molecule has 26 heteroatoms. The summed E-state index contributed by atoms with van der Waals surface area (Å²) in [7, 11) is 0. The van der Waals surface area contributed by atoms with Crippen molar-refractivity contribution in [2.75, 3.05) is 25.4 Å². The maximum absolute atomic E-state index is 14.5. The Balaban J connectivity index is 1.88. The number of thioether (sulfide) groups is 1. The second-order valence-electron chi connectivity index (χ2n) is 21.8. The number of carboxylic acid groups (broad SMARTS) is 2. The summed E-state index contributed by atoms with van der Waals surface area (Å²) in [6.07, 6.45) is -0.189. The Bertz CT molecular complexity index is 2750. The van der Waals surface area contributed by atoms with Crippen molar-refractivity contribution in [1.82, 2.24) is 47.9 Å². The fourth-order valence-electron chi connectivity index (χ4n) is 8.66. The molecule has 10 amide bonds. The van der Waals surface area contributed by atoms with Gasteiger partial charge in [0.25, 0.3) is 5.91 Å². The molecule has 0 saturated heterocycles. The molecule has 470 valence electrons. The number of nitrogens with two attached hydrogens (primary N) is 1. The summed E-state index contributed by atoms with van der Waals surface area (Å²) in [5.74, 6) is -11.2. The fraction of sp³-hybridized carbons (Fsp3) is 0.500. The average Bonchev–Trinajstić information content (AvgIpc) is 3.59. The van der Waals surface area contributed by atoms with Gasteiger partial charge in [0.15, 0.2) is 0 Å². The number of hydrogen-bond donors (Lipinski definition) is 13. The number of hydrogen-bond acceptors (Lipinski definition) is 14. The molecule has 3 aromatic rings. The predicted molar refractivity (Wildman–Crippen MR) is 320 cm³/mol. The fourth-order valence-corrected chi connectivity index (χ4v) is 9.67. The molecule has 0 bridgehead atoms. The Morgan fingerprint density at radius 2 is 1.06 bits per heavy atom. The van der Waals surface area contributed by atoms with Crippen molar-refractivity contribution >= 4 is 82.8 Å². The van der Waals surface area contributed by atoms with Gasteiger partial charge in [0.2, 0.25) is 53.2 Å². The molecule has 3 aromatic carbocycles. The zero-order valence-electron chi connectivity index (χ0n) is 49.5. The van der Waals surface area contributed by atoms with E-state index in [9.17, 15) is 72.9 Å². The van der Waals surface area contributed by atoms with E-state index in [0.29, 0.717) is 23.3 Å². The van der Waals surface area contributed by atoms with Crippen LogP contribution in [-0.2, 0) is 65.6 Å². The van der Waals surface area contributed by atoms with Crippen molar-refractivity contribution in [3.8, 4) is 5.75 Å². The van der Waals surface area contributed by atoms with Gasteiger partial charge in [-0.25, -0.2) is 0 Å². The van der Waals surface area contributed by atoms with Crippen molar-refractivity contribution in [3.05, 3.63) is 102 Å². The summed E-state index contributed by atoms with van der Waals surface area (Å²) in [5.41, 5.74) is 7.25. The van der Waals surface area contributed by atoms with Crippen LogP contribution in [0.2, 0.25) is 0 Å². The number of phenolic OH excluding ortho intramolecular Hbond substituents is 1. The van der Waals surface area contributed by atoms with Crippen molar-refractivity contribution in [1.29, 1.82) is 0 Å². The van der Waals surface area contributed by atoms with E-state index in [2.05, 4.69) is 47.9 Å². The minimum Gasteiger partial charge on any atom is -0.508 e. The average molecular weight is 1220 g/mol. The molecular weight excluding hydrogens is 1130 g/mol. The van der Waals surface area contributed by atoms with E-state index in [1.54, 1.807) is 71.9 Å². The highest BCUT2D eigenvalue weighted by Gasteiger charge is 2.34. The van der Waals surface area contributed by atoms with Crippen molar-refractivity contribution in [2.24, 2.45) is 23.5 Å². The summed E-state index contributed by atoms with van der Waals surface area (Å²) in [4.78, 5) is 159. The first-order valence-corrected chi connectivity index (χ1v) is 29.6. The summed E-state index contributed by atoms with van der Waals surface area (Å²) in [6.45, 7) is 9.01. The molecular formula is C60H84N10O15S. The van der Waals surface area contributed by atoms with E-state index >= 15 is 0 Å². The number of aliphatic carboxylic acids is 2. The number of phenols is 1. The molecule has 0 heterocycles. The van der Waals surface area contributed by atoms with Gasteiger partial charge in [0, 0.05) is 31.4 Å². The van der Waals surface area contributed by atoms with Gasteiger partial charge in [-0.2, -0.15) is 0 Å². The summed E-state index contributed by atoms with van der Waals surface area (Å²) in [5, 5.41) is 51.6. The first-order valence-electron chi connectivity index (χ1n) is 28.6. The number of aryl methyl sites for hydroxylation is 1. The van der Waals surface area contributed by atoms with Crippen LogP contribution in [0.4, 0.5) is 0 Å². The predicted octanol–water partition coefficient (Wildman–Crippen LogP) is 1.59. The van der Waals surface area contributed by atoms with Crippen molar-refractivity contribution < 1.29 is 72.9 Å². The SMILES string of the molecule is CC(C)C[C@H](NC(=O)[C@@H](NC(=O)CNC(=O)c1ccccc1)C(C)C)C(=O)N[C@@H](CCCCNC(=O)C[C@@H](SCCCc1ccccc1)C(=O)O)C(=O)N[C@@H](CCC(=O)O)C(=O)N[C@@H](Cc1ccc(O)cc1)C(=O)NCC(=O)N[C@H](C(N)=O)C(C)C. The van der Waals surface area contributed by atoms with Crippen LogP contribution in [0.15, 0.2) is 84.9 Å². The molecule has 0 aliphatic heterocycles. The Morgan fingerprint density at radius 3 is 1.62 bits per heavy atom. The van der Waals surface area contributed by atoms with Gasteiger partial charge in [0.05, 0.1) is 13.1 Å². The summed E-state index contributed by atoms with van der Waals surface area (Å²) in [6, 6.07) is 15.1. The van der Waals surface area contributed by atoms with E-state index in [-0.39, 0.29) is 56.7 Å². The van der Waals surface area contributed by atoms with Crippen LogP contribution < -0.4 is 53.6 Å². The highest BCUT2D eigenvalue weighted by atomic mass is 32.2. The standard InChI is InChI=1S/C60H84N10O15S/c1-35(2)30-44(68-59(83)52(37(5)6)70-49(74)33-63-54(78)40-19-11-8-12-20-40)58(82)65-42(21-13-14-28-62-47(72)32-46(60(84)85)86-29-15-18-38-16-9-7-10-17-38)56(80)66-43(26-27-50(75)76)57(81)67-45(31-39-22-24-41(71)25-23-39)55(79)64-34-48(73)69-51(36(3)4)53(61)77/h7-12,16-17,19-20,22-25,35-37,42-46,51-52,71H,13-15,18,21,26-34H2,1-6H3,(H2,61,77)(H,62,72)(H,63,78)(H,64,79)(H,65,82)(H,66,80)(H,67,81)(H,68,83)(H,69,73)(H,70,74)(H,75,76)(H,84,85)/t42-,43-,44-,45-,46+,51-,52-/m0/s1. The van der Waals surface area contributed by atoms with Gasteiger partial charge < -0.3 is 68.9 Å². The first-order chi connectivity index (χ1) is 40.7. The third-order valence-corrected chi connectivity index (χ3v) is 14.6. The number of primary amides is 1. The van der Waals surface area contributed by atoms with Gasteiger partial charge in [-0.1, -0.05) is 102 Å². The number of carbonyl (C=O) groups excluding carboxylic acids is 10. The number of carbonyl (C=O) groups is 12. The van der Waals surface area contributed by atoms with Crippen LogP contribution >= 0.6 is 11.8 Å². The number of benzene rings is 3. The topological polar surface area (TPSA) is 400 Å². The highest BCUT2D eigenvalue weighted by molar-refractivity contribution is 8.00. The van der Waals surface area contributed by atoms with Gasteiger partial charge >= 0.3 is 11.9 Å². The van der Waals surface area contributed by atoms with Crippen LogP contribution in [0.3, 0.4) is 0 Å². The highest BCUT2D eigenvalue weighted by Crippen LogP contribution is 2.19. The summed E-state index contributed by atoms with van der Waals surface area (Å²) >= 11 is 1.15. The Labute approximate surface area is 505 Å². The molecule has 0 unspecified atom stereocenters. The Morgan fingerprint density at radius 1 is 0.523 bits per heavy atom. The molecule has 3 rings (SSSR count). The lowest BCUT2D eigenvalue weighted by molar-refractivity contribution is -0.139. The normalized spacial score (nSPS) is 13.5. The molecule has 7 atom stereocenters. The zero-order valence-corrected chi connectivity index (χ0v) is 50.3. The minimum atomic E-state index is -1.68. The van der Waals surface area contributed by atoms with Gasteiger partial charge in [-0.15, -0.1) is 11.8 Å². The molecule has 0 spiro atoms. The quantitative estimate of drug-likeness (QED) is 0.0361. The minimum absolute atomic E-state index is 0.0196. The number of carboxylic acids is 2. The number of unbranched alkanes of at least 4 members (excludes halogenated alkanes) is 1. The number of aromatic hydroxyl groups is 1. The van der Waals surface area contributed by atoms with Crippen LogP contribution in [0.5, 0.6) is 5.75 Å². The second kappa shape index (κ2) is 37.7. The molecule has 0 aromatic heterocycles.